The monoisotopic (exact) mass is 414 g/mol. The van der Waals surface area contributed by atoms with Crippen LogP contribution in [-0.4, -0.2) is 30.8 Å². The number of furan rings is 1. The highest BCUT2D eigenvalue weighted by molar-refractivity contribution is 6.07. The lowest BCUT2D eigenvalue weighted by molar-refractivity contribution is 0.0827. The molecule has 3 aromatic carbocycles. The van der Waals surface area contributed by atoms with Gasteiger partial charge in [-0.1, -0.05) is 42.5 Å². The summed E-state index contributed by atoms with van der Waals surface area (Å²) in [5.41, 5.74) is 2.27. The molecule has 0 saturated carbocycles. The van der Waals surface area contributed by atoms with E-state index in [-0.39, 0.29) is 18.3 Å². The molecule has 1 heterocycles. The van der Waals surface area contributed by atoms with E-state index in [9.17, 15) is 9.59 Å². The Bertz CT molecular complexity index is 1230. The molecule has 0 bridgehead atoms. The van der Waals surface area contributed by atoms with Crippen LogP contribution in [0.3, 0.4) is 0 Å². The Balaban J connectivity index is 1.62. The minimum absolute atomic E-state index is 0.142. The summed E-state index contributed by atoms with van der Waals surface area (Å²) in [5, 5.41) is 3.65. The number of amides is 2. The lowest BCUT2D eigenvalue weighted by Crippen LogP contribution is -2.22. The van der Waals surface area contributed by atoms with E-state index in [2.05, 4.69) is 5.32 Å². The lowest BCUT2D eigenvalue weighted by Gasteiger charge is -2.12. The molecule has 4 rings (SSSR count). The molecule has 0 radical (unpaired) electrons. The van der Waals surface area contributed by atoms with Gasteiger partial charge in [0, 0.05) is 36.3 Å². The first-order valence-electron chi connectivity index (χ1n) is 9.84. The molecule has 0 aliphatic heterocycles. The molecule has 0 aliphatic carbocycles. The summed E-state index contributed by atoms with van der Waals surface area (Å²) in [4.78, 5) is 26.8. The number of anilines is 1. The first-order chi connectivity index (χ1) is 15.0. The smallest absolute Gasteiger partial charge is 0.291 e. The lowest BCUT2D eigenvalue weighted by atomic mass is 10.1. The average Bonchev–Trinajstić information content (AvgIpc) is 3.17. The van der Waals surface area contributed by atoms with Crippen LogP contribution in [0.2, 0.25) is 0 Å². The van der Waals surface area contributed by atoms with Gasteiger partial charge in [-0.25, -0.2) is 0 Å². The molecule has 6 heteroatoms. The molecule has 0 atom stereocenters. The van der Waals surface area contributed by atoms with Crippen LogP contribution in [0.15, 0.2) is 83.3 Å². The number of rotatable bonds is 6. The zero-order chi connectivity index (χ0) is 21.8. The van der Waals surface area contributed by atoms with E-state index in [0.717, 1.165) is 5.39 Å². The molecule has 2 amide bonds. The number of carbonyl (C=O) groups excluding carboxylic acids is 2. The minimum atomic E-state index is -0.405. The largest absolute Gasteiger partial charge is 0.489 e. The maximum Gasteiger partial charge on any atom is 0.291 e. The standard InChI is InChI=1S/C25H22N2O4/c1-27(2)25(29)17-9-8-10-18(15-17)26-24(28)23-21(16-30-19-11-4-3-5-12-19)20-13-6-7-14-22(20)31-23/h3-15H,16H2,1-2H3,(H,26,28). The number of para-hydroxylation sites is 2. The Labute approximate surface area is 180 Å². The Morgan fingerprint density at radius 2 is 1.68 bits per heavy atom. The van der Waals surface area contributed by atoms with Crippen molar-refractivity contribution in [3.63, 3.8) is 0 Å². The second-order valence-corrected chi connectivity index (χ2v) is 7.24. The number of benzene rings is 3. The molecule has 0 saturated heterocycles. The fourth-order valence-corrected chi connectivity index (χ4v) is 3.27. The number of hydrogen-bond donors (Lipinski definition) is 1. The van der Waals surface area contributed by atoms with Crippen LogP contribution in [0.5, 0.6) is 5.75 Å². The zero-order valence-electron chi connectivity index (χ0n) is 17.3. The van der Waals surface area contributed by atoms with E-state index in [1.165, 1.54) is 4.90 Å². The summed E-state index contributed by atoms with van der Waals surface area (Å²) in [6, 6.07) is 23.7. The maximum absolute atomic E-state index is 13.1. The molecular formula is C25H22N2O4. The SMILES string of the molecule is CN(C)C(=O)c1cccc(NC(=O)c2oc3ccccc3c2COc2ccccc2)c1. The van der Waals surface area contributed by atoms with Gasteiger partial charge in [0.25, 0.3) is 11.8 Å². The van der Waals surface area contributed by atoms with E-state index >= 15 is 0 Å². The summed E-state index contributed by atoms with van der Waals surface area (Å²) >= 11 is 0. The molecule has 1 N–H and O–H groups in total. The van der Waals surface area contributed by atoms with Crippen molar-refractivity contribution in [3.8, 4) is 5.75 Å². The van der Waals surface area contributed by atoms with Crippen LogP contribution in [0.25, 0.3) is 11.0 Å². The van der Waals surface area contributed by atoms with E-state index in [1.807, 2.05) is 54.6 Å². The van der Waals surface area contributed by atoms with Crippen LogP contribution in [-0.2, 0) is 6.61 Å². The third-order valence-corrected chi connectivity index (χ3v) is 4.80. The number of fused-ring (bicyclic) bond motifs is 1. The second kappa shape index (κ2) is 8.75. The van der Waals surface area contributed by atoms with Crippen molar-refractivity contribution >= 4 is 28.5 Å². The van der Waals surface area contributed by atoms with Crippen molar-refractivity contribution in [2.45, 2.75) is 6.61 Å². The number of carbonyl (C=O) groups is 2. The van der Waals surface area contributed by atoms with Gasteiger partial charge in [-0.05, 0) is 36.4 Å². The van der Waals surface area contributed by atoms with E-state index in [4.69, 9.17) is 9.15 Å². The van der Waals surface area contributed by atoms with Gasteiger partial charge >= 0.3 is 0 Å². The quantitative estimate of drug-likeness (QED) is 0.484. The van der Waals surface area contributed by atoms with Gasteiger partial charge in [-0.15, -0.1) is 0 Å². The molecule has 0 aliphatic rings. The average molecular weight is 414 g/mol. The van der Waals surface area contributed by atoms with Gasteiger partial charge in [0.15, 0.2) is 5.76 Å². The highest BCUT2D eigenvalue weighted by Crippen LogP contribution is 2.28. The van der Waals surface area contributed by atoms with Gasteiger partial charge in [0.05, 0.1) is 0 Å². The van der Waals surface area contributed by atoms with Crippen molar-refractivity contribution in [2.75, 3.05) is 19.4 Å². The van der Waals surface area contributed by atoms with Crippen LogP contribution in [0.1, 0.15) is 26.5 Å². The van der Waals surface area contributed by atoms with E-state index in [0.29, 0.717) is 28.1 Å². The molecule has 156 valence electrons. The van der Waals surface area contributed by atoms with E-state index in [1.54, 1.807) is 38.4 Å². The van der Waals surface area contributed by atoms with Crippen LogP contribution >= 0.6 is 0 Å². The zero-order valence-corrected chi connectivity index (χ0v) is 17.3. The summed E-state index contributed by atoms with van der Waals surface area (Å²) in [7, 11) is 3.36. The van der Waals surface area contributed by atoms with Gasteiger partial charge < -0.3 is 19.4 Å². The number of hydrogen-bond acceptors (Lipinski definition) is 4. The number of ether oxygens (including phenoxy) is 1. The highest BCUT2D eigenvalue weighted by atomic mass is 16.5. The molecule has 0 unspecified atom stereocenters. The van der Waals surface area contributed by atoms with E-state index < -0.39 is 5.91 Å². The van der Waals surface area contributed by atoms with Crippen molar-refractivity contribution in [1.82, 2.24) is 4.90 Å². The highest BCUT2D eigenvalue weighted by Gasteiger charge is 2.21. The maximum atomic E-state index is 13.1. The van der Waals surface area contributed by atoms with Crippen LogP contribution < -0.4 is 10.1 Å². The van der Waals surface area contributed by atoms with Gasteiger partial charge in [-0.2, -0.15) is 0 Å². The second-order valence-electron chi connectivity index (χ2n) is 7.24. The first kappa shape index (κ1) is 20.2. The van der Waals surface area contributed by atoms with Gasteiger partial charge in [0.1, 0.15) is 17.9 Å². The molecular weight excluding hydrogens is 392 g/mol. The van der Waals surface area contributed by atoms with Crippen LogP contribution in [0.4, 0.5) is 5.69 Å². The fourth-order valence-electron chi connectivity index (χ4n) is 3.27. The minimum Gasteiger partial charge on any atom is -0.489 e. The first-order valence-corrected chi connectivity index (χ1v) is 9.84. The Hall–Kier alpha value is -4.06. The predicted octanol–water partition coefficient (Wildman–Crippen LogP) is 4.97. The summed E-state index contributed by atoms with van der Waals surface area (Å²) in [6.45, 7) is 0.183. The molecule has 6 nitrogen and oxygen atoms in total. The van der Waals surface area contributed by atoms with Gasteiger partial charge in [0.2, 0.25) is 0 Å². The summed E-state index contributed by atoms with van der Waals surface area (Å²) < 4.78 is 11.8. The van der Waals surface area contributed by atoms with Crippen molar-refractivity contribution in [1.29, 1.82) is 0 Å². The Kier molecular flexibility index (Phi) is 5.71. The molecule has 31 heavy (non-hydrogen) atoms. The van der Waals surface area contributed by atoms with Crippen molar-refractivity contribution in [3.05, 3.63) is 95.7 Å². The normalized spacial score (nSPS) is 10.6. The molecule has 4 aromatic rings. The summed E-state index contributed by atoms with van der Waals surface area (Å²) in [5.74, 6) is 0.338. The van der Waals surface area contributed by atoms with Crippen LogP contribution in [0, 0.1) is 0 Å². The fraction of sp³-hybridized carbons (Fsp3) is 0.120. The number of nitrogens with zero attached hydrogens (tertiary/aromatic N) is 1. The third kappa shape index (κ3) is 4.43. The van der Waals surface area contributed by atoms with Crippen molar-refractivity contribution < 1.29 is 18.7 Å². The Morgan fingerprint density at radius 1 is 0.935 bits per heavy atom. The predicted molar refractivity (Wildman–Crippen MR) is 119 cm³/mol. The van der Waals surface area contributed by atoms with Gasteiger partial charge in [-0.3, -0.25) is 9.59 Å². The molecule has 0 fully saturated rings. The Morgan fingerprint density at radius 3 is 2.45 bits per heavy atom. The third-order valence-electron chi connectivity index (χ3n) is 4.80. The summed E-state index contributed by atoms with van der Waals surface area (Å²) in [6.07, 6.45) is 0. The van der Waals surface area contributed by atoms with Crippen molar-refractivity contribution in [2.24, 2.45) is 0 Å². The molecule has 0 spiro atoms. The topological polar surface area (TPSA) is 71.8 Å². The number of nitrogens with one attached hydrogen (secondary N) is 1. The molecule has 1 aromatic heterocycles.